The molecule has 0 aliphatic rings. The van der Waals surface area contributed by atoms with Crippen LogP contribution in [0.5, 0.6) is 0 Å². The largest absolute Gasteiger partial charge is 0.465 e. The highest BCUT2D eigenvalue weighted by molar-refractivity contribution is 5.90. The quantitative estimate of drug-likeness (QED) is 0.642. The summed E-state index contributed by atoms with van der Waals surface area (Å²) in [6.45, 7) is 0.125. The van der Waals surface area contributed by atoms with Crippen LogP contribution in [0.2, 0.25) is 0 Å². The molecule has 0 bridgehead atoms. The van der Waals surface area contributed by atoms with E-state index < -0.39 is 5.97 Å². The molecule has 15 heavy (non-hydrogen) atoms. The zero-order valence-electron chi connectivity index (χ0n) is 8.80. The molecule has 1 unspecified atom stereocenters. The Labute approximate surface area is 87.6 Å². The molecule has 6 nitrogen and oxygen atoms in total. The molecular weight excluding hydrogens is 198 g/mol. The highest BCUT2D eigenvalue weighted by Crippen LogP contribution is 2.18. The van der Waals surface area contributed by atoms with Gasteiger partial charge in [-0.25, -0.2) is 4.79 Å². The number of nitrogens with zero attached hydrogens (tertiary/aromatic N) is 2. The summed E-state index contributed by atoms with van der Waals surface area (Å²) in [6.07, 6.45) is 1.42. The van der Waals surface area contributed by atoms with E-state index in [1.165, 1.54) is 18.0 Å². The fourth-order valence-corrected chi connectivity index (χ4v) is 1.47. The zero-order valence-corrected chi connectivity index (χ0v) is 8.80. The summed E-state index contributed by atoms with van der Waals surface area (Å²) in [7, 11) is 3.00. The van der Waals surface area contributed by atoms with Gasteiger partial charge in [0.25, 0.3) is 0 Å². The van der Waals surface area contributed by atoms with Crippen molar-refractivity contribution >= 4 is 5.97 Å². The maximum absolute atomic E-state index is 11.4. The number of ether oxygens (including phenoxy) is 1. The Morgan fingerprint density at radius 1 is 1.80 bits per heavy atom. The standard InChI is InChI=1S/C9H15N3O3/c1-12-8(6(3-10)5-13)7(4-11-12)9(14)15-2/h4,6,13H,3,5,10H2,1-2H3. The van der Waals surface area contributed by atoms with Gasteiger partial charge in [0.1, 0.15) is 5.56 Å². The Morgan fingerprint density at radius 2 is 2.47 bits per heavy atom. The van der Waals surface area contributed by atoms with Crippen molar-refractivity contribution in [2.45, 2.75) is 5.92 Å². The van der Waals surface area contributed by atoms with Gasteiger partial charge in [-0.05, 0) is 0 Å². The molecule has 0 saturated heterocycles. The van der Waals surface area contributed by atoms with Gasteiger partial charge in [-0.15, -0.1) is 0 Å². The highest BCUT2D eigenvalue weighted by Gasteiger charge is 2.22. The molecule has 0 radical (unpaired) electrons. The van der Waals surface area contributed by atoms with E-state index in [0.29, 0.717) is 11.3 Å². The number of esters is 1. The van der Waals surface area contributed by atoms with Crippen LogP contribution in [0.3, 0.4) is 0 Å². The molecule has 1 atom stereocenters. The fourth-order valence-electron chi connectivity index (χ4n) is 1.47. The molecular formula is C9H15N3O3. The number of hydrogen-bond acceptors (Lipinski definition) is 5. The van der Waals surface area contributed by atoms with E-state index in [2.05, 4.69) is 9.84 Å². The predicted molar refractivity (Wildman–Crippen MR) is 53.4 cm³/mol. The normalized spacial score (nSPS) is 12.5. The number of carbonyl (C=O) groups is 1. The zero-order chi connectivity index (χ0) is 11.4. The van der Waals surface area contributed by atoms with E-state index in [-0.39, 0.29) is 19.1 Å². The van der Waals surface area contributed by atoms with Crippen LogP contribution in [-0.4, -0.2) is 41.1 Å². The van der Waals surface area contributed by atoms with Gasteiger partial charge in [-0.1, -0.05) is 0 Å². The van der Waals surface area contributed by atoms with Crippen molar-refractivity contribution < 1.29 is 14.6 Å². The number of aliphatic hydroxyl groups is 1. The van der Waals surface area contributed by atoms with Crippen molar-refractivity contribution in [1.82, 2.24) is 9.78 Å². The molecule has 0 aromatic carbocycles. The summed E-state index contributed by atoms with van der Waals surface area (Å²) in [5, 5.41) is 13.1. The molecule has 84 valence electrons. The van der Waals surface area contributed by atoms with Crippen LogP contribution in [0, 0.1) is 0 Å². The van der Waals surface area contributed by atoms with Crippen LogP contribution >= 0.6 is 0 Å². The smallest absolute Gasteiger partial charge is 0.341 e. The monoisotopic (exact) mass is 213 g/mol. The van der Waals surface area contributed by atoms with E-state index in [9.17, 15) is 4.79 Å². The first-order valence-electron chi connectivity index (χ1n) is 4.56. The summed E-state index contributed by atoms with van der Waals surface area (Å²) >= 11 is 0. The number of carbonyl (C=O) groups excluding carboxylic acids is 1. The molecule has 1 rings (SSSR count). The van der Waals surface area contributed by atoms with E-state index in [1.54, 1.807) is 7.05 Å². The van der Waals surface area contributed by atoms with Gasteiger partial charge in [0, 0.05) is 19.5 Å². The lowest BCUT2D eigenvalue weighted by Gasteiger charge is -2.13. The van der Waals surface area contributed by atoms with Crippen LogP contribution in [0.15, 0.2) is 6.20 Å². The molecule has 0 spiro atoms. The topological polar surface area (TPSA) is 90.4 Å². The molecule has 0 aliphatic heterocycles. The molecule has 0 amide bonds. The van der Waals surface area contributed by atoms with Gasteiger partial charge in [0.05, 0.1) is 25.6 Å². The second kappa shape index (κ2) is 4.90. The third kappa shape index (κ3) is 2.16. The molecule has 1 aromatic heterocycles. The van der Waals surface area contributed by atoms with Crippen LogP contribution in [0.1, 0.15) is 22.0 Å². The number of hydrogen-bond donors (Lipinski definition) is 2. The summed E-state index contributed by atoms with van der Waals surface area (Å²) in [5.41, 5.74) is 6.46. The Balaban J connectivity index is 3.13. The maximum atomic E-state index is 11.4. The van der Waals surface area contributed by atoms with Crippen LogP contribution in [-0.2, 0) is 11.8 Å². The second-order valence-electron chi connectivity index (χ2n) is 3.17. The Bertz CT molecular complexity index is 344. The second-order valence-corrected chi connectivity index (χ2v) is 3.17. The van der Waals surface area contributed by atoms with Gasteiger partial charge >= 0.3 is 5.97 Å². The summed E-state index contributed by atoms with van der Waals surface area (Å²) in [4.78, 5) is 11.4. The number of rotatable bonds is 4. The fraction of sp³-hybridized carbons (Fsp3) is 0.556. The van der Waals surface area contributed by atoms with Crippen LogP contribution in [0.4, 0.5) is 0 Å². The van der Waals surface area contributed by atoms with Crippen molar-refractivity contribution in [3.05, 3.63) is 17.5 Å². The van der Waals surface area contributed by atoms with Gasteiger partial charge in [-0.3, -0.25) is 4.68 Å². The molecule has 0 saturated carbocycles. The minimum Gasteiger partial charge on any atom is -0.465 e. The molecule has 6 heteroatoms. The summed E-state index contributed by atoms with van der Waals surface area (Å²) in [6, 6.07) is 0. The van der Waals surface area contributed by atoms with E-state index in [4.69, 9.17) is 10.8 Å². The maximum Gasteiger partial charge on any atom is 0.341 e. The van der Waals surface area contributed by atoms with Crippen molar-refractivity contribution in [1.29, 1.82) is 0 Å². The molecule has 3 N–H and O–H groups in total. The van der Waals surface area contributed by atoms with Crippen LogP contribution < -0.4 is 5.73 Å². The van der Waals surface area contributed by atoms with Crippen molar-refractivity contribution in [2.24, 2.45) is 12.8 Å². The van der Waals surface area contributed by atoms with Crippen molar-refractivity contribution in [2.75, 3.05) is 20.3 Å². The number of aromatic nitrogens is 2. The van der Waals surface area contributed by atoms with E-state index >= 15 is 0 Å². The first-order chi connectivity index (χ1) is 7.15. The molecule has 0 aliphatic carbocycles. The van der Waals surface area contributed by atoms with E-state index in [0.717, 1.165) is 0 Å². The van der Waals surface area contributed by atoms with Gasteiger partial charge in [-0.2, -0.15) is 5.10 Å². The molecule has 1 aromatic rings. The number of nitrogens with two attached hydrogens (primary N) is 1. The lowest BCUT2D eigenvalue weighted by molar-refractivity contribution is 0.0598. The summed E-state index contributed by atoms with van der Waals surface area (Å²) < 4.78 is 6.14. The summed E-state index contributed by atoms with van der Waals surface area (Å²) in [5.74, 6) is -0.767. The first kappa shape index (κ1) is 11.7. The lowest BCUT2D eigenvalue weighted by Crippen LogP contribution is -2.21. The molecule has 0 fully saturated rings. The average molecular weight is 213 g/mol. The van der Waals surface area contributed by atoms with Crippen molar-refractivity contribution in [3.8, 4) is 0 Å². The number of methoxy groups -OCH3 is 1. The average Bonchev–Trinajstić information content (AvgIpc) is 2.62. The predicted octanol–water partition coefficient (Wildman–Crippen LogP) is -0.759. The van der Waals surface area contributed by atoms with Gasteiger partial charge in [0.2, 0.25) is 0 Å². The van der Waals surface area contributed by atoms with Crippen molar-refractivity contribution in [3.63, 3.8) is 0 Å². The highest BCUT2D eigenvalue weighted by atomic mass is 16.5. The third-order valence-corrected chi connectivity index (χ3v) is 2.28. The minimum absolute atomic E-state index is 0.125. The Morgan fingerprint density at radius 3 is 2.93 bits per heavy atom. The Kier molecular flexibility index (Phi) is 3.81. The minimum atomic E-state index is -0.468. The Hall–Kier alpha value is -1.40. The van der Waals surface area contributed by atoms with E-state index in [1.807, 2.05) is 0 Å². The number of aliphatic hydroxyl groups excluding tert-OH is 1. The van der Waals surface area contributed by atoms with Gasteiger partial charge in [0.15, 0.2) is 0 Å². The first-order valence-corrected chi connectivity index (χ1v) is 4.56. The molecule has 1 heterocycles. The number of aryl methyl sites for hydroxylation is 1. The lowest BCUT2D eigenvalue weighted by atomic mass is 10.0. The third-order valence-electron chi connectivity index (χ3n) is 2.28. The SMILES string of the molecule is COC(=O)c1cnn(C)c1C(CN)CO. The van der Waals surface area contributed by atoms with Crippen LogP contribution in [0.25, 0.3) is 0 Å². The van der Waals surface area contributed by atoms with Gasteiger partial charge < -0.3 is 15.6 Å².